The molecular weight excluding hydrogens is 384 g/mol. The largest absolute Gasteiger partial charge is 0.466 e. The number of thiophene rings is 1. The van der Waals surface area contributed by atoms with E-state index in [0.29, 0.717) is 26.4 Å². The first-order valence-electron chi connectivity index (χ1n) is 8.20. The van der Waals surface area contributed by atoms with Crippen LogP contribution in [-0.2, 0) is 9.53 Å². The number of allylic oxidation sites excluding steroid dienone is 1. The average Bonchev–Trinajstić information content (AvgIpc) is 3.36. The first-order chi connectivity index (χ1) is 13.0. The monoisotopic (exact) mass is 400 g/mol. The number of carbonyl (C=O) groups excluding carboxylic acids is 1. The van der Waals surface area contributed by atoms with E-state index in [1.165, 1.54) is 29.8 Å². The van der Waals surface area contributed by atoms with Crippen molar-refractivity contribution < 1.29 is 13.9 Å². The Morgan fingerprint density at radius 1 is 1.33 bits per heavy atom. The number of fused-ring (bicyclic) bond motifs is 1. The van der Waals surface area contributed by atoms with E-state index in [1.807, 2.05) is 36.6 Å². The third kappa shape index (κ3) is 3.00. The number of aromatic nitrogens is 1. The molecule has 4 rings (SSSR count). The maximum absolute atomic E-state index is 13.2. The number of ether oxygens (including phenoxy) is 1. The highest BCUT2D eigenvalue weighted by molar-refractivity contribution is 7.10. The minimum Gasteiger partial charge on any atom is -0.466 e. The van der Waals surface area contributed by atoms with Gasteiger partial charge in [0.15, 0.2) is 4.80 Å². The summed E-state index contributed by atoms with van der Waals surface area (Å²) in [4.78, 5) is 31.5. The van der Waals surface area contributed by atoms with Crippen LogP contribution in [0.1, 0.15) is 29.4 Å². The van der Waals surface area contributed by atoms with E-state index < -0.39 is 12.0 Å². The van der Waals surface area contributed by atoms with E-state index in [2.05, 4.69) is 4.99 Å². The zero-order valence-corrected chi connectivity index (χ0v) is 16.5. The van der Waals surface area contributed by atoms with Crippen LogP contribution >= 0.6 is 22.7 Å². The average molecular weight is 400 g/mol. The van der Waals surface area contributed by atoms with Crippen LogP contribution in [0.25, 0.3) is 6.08 Å². The van der Waals surface area contributed by atoms with Gasteiger partial charge in [0.1, 0.15) is 17.6 Å². The fourth-order valence-corrected chi connectivity index (χ4v) is 4.92. The third-order valence-electron chi connectivity index (χ3n) is 4.27. The Balaban J connectivity index is 1.98. The maximum atomic E-state index is 13.2. The summed E-state index contributed by atoms with van der Waals surface area (Å²) >= 11 is 2.76. The van der Waals surface area contributed by atoms with Gasteiger partial charge in [-0.15, -0.1) is 11.3 Å². The van der Waals surface area contributed by atoms with E-state index in [-0.39, 0.29) is 5.56 Å². The standard InChI is InChI=1S/C19H16N2O4S2/c1-10-6-7-12(25-10)9-14-17(22)21-16(13-5-4-8-26-13)15(18(23)24-3)11(2)20-19(21)27-14/h4-9,16H,1-3H3/b14-9-/t16-/m0/s1. The summed E-state index contributed by atoms with van der Waals surface area (Å²) in [5.41, 5.74) is 0.731. The number of hydrogen-bond acceptors (Lipinski definition) is 7. The van der Waals surface area contributed by atoms with Crippen molar-refractivity contribution in [1.82, 2.24) is 4.57 Å². The number of esters is 1. The molecule has 138 valence electrons. The van der Waals surface area contributed by atoms with Crippen LogP contribution in [0.4, 0.5) is 0 Å². The lowest BCUT2D eigenvalue weighted by Gasteiger charge is -2.22. The zero-order chi connectivity index (χ0) is 19.1. The highest BCUT2D eigenvalue weighted by Gasteiger charge is 2.33. The predicted molar refractivity (Wildman–Crippen MR) is 104 cm³/mol. The molecule has 0 bridgehead atoms. The summed E-state index contributed by atoms with van der Waals surface area (Å²) in [6.07, 6.45) is 1.71. The second-order valence-electron chi connectivity index (χ2n) is 6.04. The Morgan fingerprint density at radius 3 is 2.78 bits per heavy atom. The molecule has 8 heteroatoms. The fourth-order valence-electron chi connectivity index (χ4n) is 3.07. The van der Waals surface area contributed by atoms with Gasteiger partial charge in [-0.05, 0) is 37.4 Å². The second-order valence-corrected chi connectivity index (χ2v) is 8.03. The normalized spacial score (nSPS) is 17.0. The van der Waals surface area contributed by atoms with E-state index in [4.69, 9.17) is 9.15 Å². The van der Waals surface area contributed by atoms with Gasteiger partial charge in [0.2, 0.25) is 0 Å². The topological polar surface area (TPSA) is 73.8 Å². The Morgan fingerprint density at radius 2 is 2.15 bits per heavy atom. The molecular formula is C19H16N2O4S2. The highest BCUT2D eigenvalue weighted by atomic mass is 32.1. The lowest BCUT2D eigenvalue weighted by Crippen LogP contribution is -2.39. The van der Waals surface area contributed by atoms with E-state index in [0.717, 1.165) is 10.6 Å². The minimum atomic E-state index is -0.547. The van der Waals surface area contributed by atoms with Gasteiger partial charge in [0.25, 0.3) is 5.56 Å². The van der Waals surface area contributed by atoms with Crippen molar-refractivity contribution in [2.24, 2.45) is 4.99 Å². The van der Waals surface area contributed by atoms with Gasteiger partial charge in [-0.2, -0.15) is 0 Å². The van der Waals surface area contributed by atoms with Crippen LogP contribution in [-0.4, -0.2) is 17.6 Å². The molecule has 1 aliphatic rings. The molecule has 0 N–H and O–H groups in total. The van der Waals surface area contributed by atoms with Gasteiger partial charge >= 0.3 is 5.97 Å². The Labute approximate surface area is 162 Å². The molecule has 4 heterocycles. The molecule has 0 saturated carbocycles. The molecule has 0 amide bonds. The molecule has 0 aromatic carbocycles. The lowest BCUT2D eigenvalue weighted by atomic mass is 10.0. The summed E-state index contributed by atoms with van der Waals surface area (Å²) < 4.78 is 12.6. The summed E-state index contributed by atoms with van der Waals surface area (Å²) in [6.45, 7) is 3.61. The first-order valence-corrected chi connectivity index (χ1v) is 9.90. The minimum absolute atomic E-state index is 0.208. The molecule has 0 aliphatic carbocycles. The second kappa shape index (κ2) is 6.79. The van der Waals surface area contributed by atoms with E-state index in [1.54, 1.807) is 17.6 Å². The predicted octanol–water partition coefficient (Wildman–Crippen LogP) is 2.37. The van der Waals surface area contributed by atoms with Crippen molar-refractivity contribution in [2.45, 2.75) is 19.9 Å². The molecule has 0 fully saturated rings. The molecule has 1 atom stereocenters. The quantitative estimate of drug-likeness (QED) is 0.633. The molecule has 1 aliphatic heterocycles. The molecule has 0 radical (unpaired) electrons. The van der Waals surface area contributed by atoms with Crippen LogP contribution in [0.15, 0.2) is 55.1 Å². The summed E-state index contributed by atoms with van der Waals surface area (Å²) in [5.74, 6) is 0.897. The lowest BCUT2D eigenvalue weighted by molar-refractivity contribution is -0.136. The number of aryl methyl sites for hydroxylation is 1. The Bertz CT molecular complexity index is 1230. The van der Waals surface area contributed by atoms with Gasteiger partial charge < -0.3 is 9.15 Å². The first kappa shape index (κ1) is 17.7. The third-order valence-corrected chi connectivity index (χ3v) is 6.18. The van der Waals surface area contributed by atoms with Crippen LogP contribution in [0.3, 0.4) is 0 Å². The van der Waals surface area contributed by atoms with Crippen molar-refractivity contribution in [2.75, 3.05) is 7.11 Å². The number of furan rings is 1. The maximum Gasteiger partial charge on any atom is 0.338 e. The van der Waals surface area contributed by atoms with Crippen molar-refractivity contribution >= 4 is 34.7 Å². The zero-order valence-electron chi connectivity index (χ0n) is 14.9. The van der Waals surface area contributed by atoms with Crippen molar-refractivity contribution in [1.29, 1.82) is 0 Å². The van der Waals surface area contributed by atoms with E-state index in [9.17, 15) is 9.59 Å². The Hall–Kier alpha value is -2.71. The molecule has 27 heavy (non-hydrogen) atoms. The SMILES string of the molecule is COC(=O)C1=C(C)N=c2s/c(=C\c3ccc(C)o3)c(=O)n2[C@H]1c1cccs1. The number of rotatable bonds is 3. The molecule has 0 spiro atoms. The smallest absolute Gasteiger partial charge is 0.338 e. The van der Waals surface area contributed by atoms with Gasteiger partial charge in [0.05, 0.1) is 22.9 Å². The van der Waals surface area contributed by atoms with Crippen molar-refractivity contribution in [3.63, 3.8) is 0 Å². The van der Waals surface area contributed by atoms with E-state index >= 15 is 0 Å². The van der Waals surface area contributed by atoms with Gasteiger partial charge in [-0.3, -0.25) is 9.36 Å². The van der Waals surface area contributed by atoms with Crippen LogP contribution < -0.4 is 14.9 Å². The van der Waals surface area contributed by atoms with Crippen LogP contribution in [0.5, 0.6) is 0 Å². The summed E-state index contributed by atoms with van der Waals surface area (Å²) in [5, 5.41) is 1.92. The van der Waals surface area contributed by atoms with Gasteiger partial charge in [0, 0.05) is 11.0 Å². The molecule has 0 unspecified atom stereocenters. The number of nitrogens with zero attached hydrogens (tertiary/aromatic N) is 2. The summed E-state index contributed by atoms with van der Waals surface area (Å²) in [7, 11) is 1.33. The molecule has 0 saturated heterocycles. The fraction of sp³-hybridized carbons (Fsp3) is 0.211. The van der Waals surface area contributed by atoms with Gasteiger partial charge in [-0.1, -0.05) is 17.4 Å². The van der Waals surface area contributed by atoms with Crippen LogP contribution in [0.2, 0.25) is 0 Å². The summed E-state index contributed by atoms with van der Waals surface area (Å²) in [6, 6.07) is 6.91. The molecule has 3 aromatic rings. The number of carbonyl (C=O) groups is 1. The highest BCUT2D eigenvalue weighted by Crippen LogP contribution is 2.32. The van der Waals surface area contributed by atoms with Crippen LogP contribution in [0, 0.1) is 6.92 Å². The number of hydrogen-bond donors (Lipinski definition) is 0. The number of methoxy groups -OCH3 is 1. The van der Waals surface area contributed by atoms with Crippen molar-refractivity contribution in [3.05, 3.63) is 77.0 Å². The number of thiazole rings is 1. The van der Waals surface area contributed by atoms with Crippen molar-refractivity contribution in [3.8, 4) is 0 Å². The molecule has 3 aromatic heterocycles. The Kier molecular flexibility index (Phi) is 4.45. The van der Waals surface area contributed by atoms with Gasteiger partial charge in [-0.25, -0.2) is 9.79 Å². The molecule has 6 nitrogen and oxygen atoms in total.